The van der Waals surface area contributed by atoms with Crippen molar-refractivity contribution in [3.8, 4) is 0 Å². The molecule has 0 spiro atoms. The number of aliphatic hydroxyl groups is 1. The summed E-state index contributed by atoms with van der Waals surface area (Å²) in [4.78, 5) is 0. The smallest absolute Gasteiger partial charge is 0.566 e. The Morgan fingerprint density at radius 1 is 1.57 bits per heavy atom. The second-order valence-electron chi connectivity index (χ2n) is 1.18. The number of hydrogen-bond acceptors (Lipinski definition) is 1. The van der Waals surface area contributed by atoms with E-state index in [1.165, 1.54) is 6.61 Å². The SMILES string of the molecule is [CH2-]CCC[CH-]O.[U+2]. The minimum atomic E-state index is 0. The third kappa shape index (κ3) is 10.9. The molecule has 0 bridgehead atoms. The van der Waals surface area contributed by atoms with Gasteiger partial charge in [-0.3, -0.25) is 0 Å². The van der Waals surface area contributed by atoms with Crippen molar-refractivity contribution in [3.63, 3.8) is 0 Å². The average molecular weight is 324 g/mol. The maximum Gasteiger partial charge on any atom is 2.00 e. The fraction of sp³-hybridized carbons (Fsp3) is 0.600. The summed E-state index contributed by atoms with van der Waals surface area (Å²) >= 11 is 0. The molecule has 0 amide bonds. The quantitative estimate of drug-likeness (QED) is 0.617. The second-order valence-corrected chi connectivity index (χ2v) is 1.18. The van der Waals surface area contributed by atoms with E-state index in [-0.39, 0.29) is 31.1 Å². The van der Waals surface area contributed by atoms with E-state index >= 15 is 0 Å². The largest absolute Gasteiger partial charge is 2.00 e. The molecule has 0 aromatic heterocycles. The Bertz CT molecular complexity index is 20.0. The van der Waals surface area contributed by atoms with Crippen LogP contribution in [0.15, 0.2) is 0 Å². The maximum absolute atomic E-state index is 8.04. The Kier molecular flexibility index (Phi) is 15.7. The van der Waals surface area contributed by atoms with E-state index in [1.54, 1.807) is 0 Å². The van der Waals surface area contributed by atoms with Crippen LogP contribution in [0.1, 0.15) is 19.3 Å². The molecule has 40 valence electrons. The van der Waals surface area contributed by atoms with Gasteiger partial charge < -0.3 is 12.0 Å². The van der Waals surface area contributed by atoms with Gasteiger partial charge in [0.15, 0.2) is 0 Å². The topological polar surface area (TPSA) is 20.2 Å². The van der Waals surface area contributed by atoms with Crippen LogP contribution in [0.2, 0.25) is 0 Å². The van der Waals surface area contributed by atoms with E-state index < -0.39 is 0 Å². The molecule has 2 heteroatoms. The Balaban J connectivity index is 0. The first kappa shape index (κ1) is 10.9. The molecule has 0 aliphatic rings. The van der Waals surface area contributed by atoms with Crippen molar-refractivity contribution in [2.45, 2.75) is 19.3 Å². The van der Waals surface area contributed by atoms with Crippen molar-refractivity contribution in [1.82, 2.24) is 0 Å². The van der Waals surface area contributed by atoms with Crippen LogP contribution in [-0.2, 0) is 0 Å². The van der Waals surface area contributed by atoms with Crippen LogP contribution in [0.3, 0.4) is 0 Å². The third-order valence-corrected chi connectivity index (χ3v) is 0.583. The maximum atomic E-state index is 8.04. The van der Waals surface area contributed by atoms with Gasteiger partial charge in [0, 0.05) is 0 Å². The molecule has 0 aliphatic heterocycles. The molecule has 0 radical (unpaired) electrons. The zero-order valence-corrected chi connectivity index (χ0v) is 8.52. The first-order chi connectivity index (χ1) is 2.91. The van der Waals surface area contributed by atoms with Crippen LogP contribution >= 0.6 is 0 Å². The molecule has 0 unspecified atom stereocenters. The molecule has 0 fully saturated rings. The first-order valence-corrected chi connectivity index (χ1v) is 2.17. The second kappa shape index (κ2) is 10.1. The summed E-state index contributed by atoms with van der Waals surface area (Å²) in [6.07, 6.45) is 2.69. The van der Waals surface area contributed by atoms with Gasteiger partial charge in [0.2, 0.25) is 0 Å². The van der Waals surface area contributed by atoms with E-state index in [0.29, 0.717) is 0 Å². The molecule has 1 N–H and O–H groups in total. The Labute approximate surface area is 68.9 Å². The normalized spacial score (nSPS) is 7.71. The average Bonchev–Trinajstić information content (AvgIpc) is 1.61. The summed E-state index contributed by atoms with van der Waals surface area (Å²) in [7, 11) is 0. The van der Waals surface area contributed by atoms with Crippen molar-refractivity contribution in [2.75, 3.05) is 0 Å². The molecule has 0 rings (SSSR count). The van der Waals surface area contributed by atoms with Crippen molar-refractivity contribution >= 4 is 0 Å². The molecular weight excluding hydrogens is 314 g/mol. The standard InChI is InChI=1S/C5H10O.U/c1-2-3-4-5-6;/h5-6H,1-4H2;/q-2;+2. The summed E-state index contributed by atoms with van der Waals surface area (Å²) in [5, 5.41) is 8.04. The van der Waals surface area contributed by atoms with Gasteiger partial charge in [0.1, 0.15) is 0 Å². The number of unbranched alkanes of at least 4 members (excludes halogenated alkanes) is 2. The van der Waals surface area contributed by atoms with Gasteiger partial charge in [-0.05, 0) is 0 Å². The first-order valence-electron chi connectivity index (χ1n) is 2.17. The predicted octanol–water partition coefficient (Wildman–Crippen LogP) is 1.53. The van der Waals surface area contributed by atoms with E-state index in [9.17, 15) is 0 Å². The van der Waals surface area contributed by atoms with E-state index in [4.69, 9.17) is 5.11 Å². The molecule has 0 atom stereocenters. The number of hydrogen-bond donors (Lipinski definition) is 1. The predicted molar refractivity (Wildman–Crippen MR) is 25.4 cm³/mol. The molecule has 0 heterocycles. The minimum absolute atomic E-state index is 0. The van der Waals surface area contributed by atoms with Crippen LogP contribution in [0, 0.1) is 44.6 Å². The summed E-state index contributed by atoms with van der Waals surface area (Å²) in [5.74, 6) is 0. The summed E-state index contributed by atoms with van der Waals surface area (Å²) in [5.41, 5.74) is 0. The van der Waals surface area contributed by atoms with Gasteiger partial charge >= 0.3 is 31.1 Å². The third-order valence-electron chi connectivity index (χ3n) is 0.583. The van der Waals surface area contributed by atoms with Crippen LogP contribution in [0.4, 0.5) is 0 Å². The fourth-order valence-corrected chi connectivity index (χ4v) is 0.236. The molecule has 0 aromatic carbocycles. The van der Waals surface area contributed by atoms with Crippen molar-refractivity contribution in [2.24, 2.45) is 0 Å². The van der Waals surface area contributed by atoms with E-state index in [0.717, 1.165) is 19.3 Å². The van der Waals surface area contributed by atoms with E-state index in [1.807, 2.05) is 0 Å². The van der Waals surface area contributed by atoms with Crippen LogP contribution in [-0.4, -0.2) is 5.11 Å². The Morgan fingerprint density at radius 2 is 2.14 bits per heavy atom. The zero-order chi connectivity index (χ0) is 4.83. The van der Waals surface area contributed by atoms with Crippen LogP contribution < -0.4 is 0 Å². The van der Waals surface area contributed by atoms with Gasteiger partial charge in [-0.1, -0.05) is 0 Å². The molecular formula is C5H10OU. The van der Waals surface area contributed by atoms with E-state index in [2.05, 4.69) is 6.92 Å². The number of rotatable bonds is 3. The van der Waals surface area contributed by atoms with Gasteiger partial charge in [0.05, 0.1) is 0 Å². The van der Waals surface area contributed by atoms with Gasteiger partial charge in [0.25, 0.3) is 0 Å². The Hall–Kier alpha value is 1.01. The summed E-state index contributed by atoms with van der Waals surface area (Å²) < 4.78 is 0. The van der Waals surface area contributed by atoms with Crippen molar-refractivity contribution < 1.29 is 36.2 Å². The number of aliphatic hydroxyl groups excluding tert-OH is 1. The van der Waals surface area contributed by atoms with Crippen LogP contribution in [0.25, 0.3) is 0 Å². The fourth-order valence-electron chi connectivity index (χ4n) is 0.236. The van der Waals surface area contributed by atoms with Crippen molar-refractivity contribution in [3.05, 3.63) is 13.5 Å². The molecule has 0 saturated carbocycles. The molecule has 1 nitrogen and oxygen atoms in total. The van der Waals surface area contributed by atoms with Gasteiger partial charge in [-0.25, -0.2) is 6.61 Å². The Morgan fingerprint density at radius 3 is 2.29 bits per heavy atom. The molecule has 0 aliphatic carbocycles. The molecule has 0 aromatic rings. The van der Waals surface area contributed by atoms with Gasteiger partial charge in [-0.2, -0.15) is 12.8 Å². The summed E-state index contributed by atoms with van der Waals surface area (Å²) in [6.45, 7) is 4.76. The summed E-state index contributed by atoms with van der Waals surface area (Å²) in [6, 6.07) is 0. The molecule has 0 saturated heterocycles. The minimum Gasteiger partial charge on any atom is -0.566 e. The monoisotopic (exact) mass is 324 g/mol. The zero-order valence-electron chi connectivity index (χ0n) is 4.35. The van der Waals surface area contributed by atoms with Gasteiger partial charge in [-0.15, -0.1) is 6.42 Å². The van der Waals surface area contributed by atoms with Crippen molar-refractivity contribution in [1.29, 1.82) is 0 Å². The van der Waals surface area contributed by atoms with Crippen LogP contribution in [0.5, 0.6) is 0 Å². The molecule has 7 heavy (non-hydrogen) atoms.